The van der Waals surface area contributed by atoms with E-state index in [1.165, 1.54) is 69.1 Å². The Kier molecular flexibility index (Phi) is 9.54. The van der Waals surface area contributed by atoms with Gasteiger partial charge in [0, 0.05) is 0 Å². The summed E-state index contributed by atoms with van der Waals surface area (Å²) in [5.74, 6) is -0.640. The standard InChI is InChI=1S/C26H39NO4/c1-2-3-4-5-6-7-8-9-10-11-12-13-18-23-24(28)22(19-31-23)27-25(29)20-16-14-15-17-21(20)26(27)30/h14-17,22-24,28H,2-13,18-19H2,1H3/t22-,23-,24+/m0/s1. The van der Waals surface area contributed by atoms with E-state index in [2.05, 4.69) is 6.92 Å². The lowest BCUT2D eigenvalue weighted by molar-refractivity contribution is 0.0253. The number of carbonyl (C=O) groups is 2. The first-order valence-corrected chi connectivity index (χ1v) is 12.4. The summed E-state index contributed by atoms with van der Waals surface area (Å²) in [4.78, 5) is 26.5. The van der Waals surface area contributed by atoms with Gasteiger partial charge in [-0.25, -0.2) is 0 Å². The van der Waals surface area contributed by atoms with Crippen LogP contribution in [-0.4, -0.2) is 46.7 Å². The van der Waals surface area contributed by atoms with E-state index >= 15 is 0 Å². The first-order chi connectivity index (χ1) is 15.1. The van der Waals surface area contributed by atoms with Crippen molar-refractivity contribution in [3.05, 3.63) is 35.4 Å². The molecule has 2 amide bonds. The van der Waals surface area contributed by atoms with Crippen LogP contribution in [0, 0.1) is 0 Å². The normalized spacial score (nSPS) is 23.0. The average Bonchev–Trinajstić information content (AvgIpc) is 3.26. The van der Waals surface area contributed by atoms with Crippen LogP contribution in [-0.2, 0) is 4.74 Å². The Morgan fingerprint density at radius 1 is 0.839 bits per heavy atom. The maximum Gasteiger partial charge on any atom is 0.261 e. The van der Waals surface area contributed by atoms with Crippen molar-refractivity contribution < 1.29 is 19.4 Å². The zero-order chi connectivity index (χ0) is 22.1. The van der Waals surface area contributed by atoms with E-state index in [1.807, 2.05) is 0 Å². The molecule has 31 heavy (non-hydrogen) atoms. The van der Waals surface area contributed by atoms with Gasteiger partial charge in [0.2, 0.25) is 0 Å². The molecule has 1 fully saturated rings. The van der Waals surface area contributed by atoms with Crippen LogP contribution in [0.25, 0.3) is 0 Å². The summed E-state index contributed by atoms with van der Waals surface area (Å²) >= 11 is 0. The van der Waals surface area contributed by atoms with Crippen molar-refractivity contribution in [3.8, 4) is 0 Å². The summed E-state index contributed by atoms with van der Waals surface area (Å²) in [6, 6.07) is 6.26. The van der Waals surface area contributed by atoms with Gasteiger partial charge < -0.3 is 9.84 Å². The Balaban J connectivity index is 1.29. The van der Waals surface area contributed by atoms with Crippen LogP contribution < -0.4 is 0 Å². The molecule has 1 saturated heterocycles. The van der Waals surface area contributed by atoms with Gasteiger partial charge in [-0.3, -0.25) is 14.5 Å². The van der Waals surface area contributed by atoms with Gasteiger partial charge in [-0.2, -0.15) is 0 Å². The maximum atomic E-state index is 12.7. The third-order valence-electron chi connectivity index (χ3n) is 6.76. The van der Waals surface area contributed by atoms with Crippen molar-refractivity contribution in [2.45, 2.75) is 109 Å². The number of carbonyl (C=O) groups excluding carboxylic acids is 2. The van der Waals surface area contributed by atoms with Crippen LogP contribution >= 0.6 is 0 Å². The number of aliphatic hydroxyl groups is 1. The molecule has 5 nitrogen and oxygen atoms in total. The van der Waals surface area contributed by atoms with Crippen molar-refractivity contribution in [1.29, 1.82) is 0 Å². The topological polar surface area (TPSA) is 66.8 Å². The van der Waals surface area contributed by atoms with Crippen molar-refractivity contribution in [2.24, 2.45) is 0 Å². The summed E-state index contributed by atoms with van der Waals surface area (Å²) in [7, 11) is 0. The first-order valence-electron chi connectivity index (χ1n) is 12.4. The van der Waals surface area contributed by atoms with Gasteiger partial charge in [0.15, 0.2) is 0 Å². The summed E-state index contributed by atoms with van der Waals surface area (Å²) in [6.45, 7) is 2.47. The molecule has 0 bridgehead atoms. The molecule has 2 heterocycles. The monoisotopic (exact) mass is 429 g/mol. The lowest BCUT2D eigenvalue weighted by Gasteiger charge is -2.24. The highest BCUT2D eigenvalue weighted by Gasteiger charge is 2.47. The molecule has 0 aliphatic carbocycles. The van der Waals surface area contributed by atoms with Crippen LogP contribution in [0.15, 0.2) is 24.3 Å². The predicted molar refractivity (Wildman–Crippen MR) is 122 cm³/mol. The molecule has 0 aromatic heterocycles. The van der Waals surface area contributed by atoms with Gasteiger partial charge in [0.1, 0.15) is 6.10 Å². The first kappa shape index (κ1) is 23.9. The quantitative estimate of drug-likeness (QED) is 0.313. The van der Waals surface area contributed by atoms with Crippen molar-refractivity contribution in [1.82, 2.24) is 4.90 Å². The highest BCUT2D eigenvalue weighted by atomic mass is 16.5. The maximum absolute atomic E-state index is 12.7. The molecule has 0 saturated carbocycles. The van der Waals surface area contributed by atoms with E-state index in [9.17, 15) is 14.7 Å². The van der Waals surface area contributed by atoms with Crippen LogP contribution in [0.2, 0.25) is 0 Å². The summed E-state index contributed by atoms with van der Waals surface area (Å²) in [5, 5.41) is 10.7. The third kappa shape index (κ3) is 6.17. The van der Waals surface area contributed by atoms with E-state index in [0.29, 0.717) is 11.1 Å². The number of benzene rings is 1. The number of hydrogen-bond acceptors (Lipinski definition) is 4. The van der Waals surface area contributed by atoms with Crippen LogP contribution in [0.5, 0.6) is 0 Å². The van der Waals surface area contributed by atoms with Crippen LogP contribution in [0.1, 0.15) is 111 Å². The van der Waals surface area contributed by atoms with E-state index in [0.717, 1.165) is 19.3 Å². The molecule has 172 valence electrons. The second-order valence-electron chi connectivity index (χ2n) is 9.13. The smallest absolute Gasteiger partial charge is 0.261 e. The van der Waals surface area contributed by atoms with E-state index in [4.69, 9.17) is 4.74 Å². The third-order valence-corrected chi connectivity index (χ3v) is 6.76. The Labute approximate surface area is 187 Å². The van der Waals surface area contributed by atoms with E-state index < -0.39 is 12.1 Å². The highest BCUT2D eigenvalue weighted by Crippen LogP contribution is 2.31. The Hall–Kier alpha value is -1.72. The van der Waals surface area contributed by atoms with Gasteiger partial charge >= 0.3 is 0 Å². The molecule has 1 aromatic carbocycles. The number of ether oxygens (including phenoxy) is 1. The second-order valence-corrected chi connectivity index (χ2v) is 9.13. The number of nitrogens with zero attached hydrogens (tertiary/aromatic N) is 1. The fourth-order valence-corrected chi connectivity index (χ4v) is 4.84. The summed E-state index contributed by atoms with van der Waals surface area (Å²) < 4.78 is 5.79. The molecule has 0 spiro atoms. The molecule has 3 atom stereocenters. The van der Waals surface area contributed by atoms with Gasteiger partial charge in [-0.05, 0) is 18.6 Å². The molecular weight excluding hydrogens is 390 g/mol. The van der Waals surface area contributed by atoms with Gasteiger partial charge in [0.25, 0.3) is 11.8 Å². The molecular formula is C26H39NO4. The van der Waals surface area contributed by atoms with E-state index in [1.54, 1.807) is 24.3 Å². The minimum Gasteiger partial charge on any atom is -0.388 e. The molecule has 1 aromatic rings. The largest absolute Gasteiger partial charge is 0.388 e. The number of amides is 2. The predicted octanol–water partition coefficient (Wildman–Crippen LogP) is 5.50. The second kappa shape index (κ2) is 12.4. The Morgan fingerprint density at radius 2 is 1.32 bits per heavy atom. The Morgan fingerprint density at radius 3 is 1.84 bits per heavy atom. The number of fused-ring (bicyclic) bond motifs is 1. The van der Waals surface area contributed by atoms with Crippen molar-refractivity contribution in [3.63, 3.8) is 0 Å². The molecule has 2 aliphatic rings. The van der Waals surface area contributed by atoms with Crippen LogP contribution in [0.4, 0.5) is 0 Å². The lowest BCUT2D eigenvalue weighted by Crippen LogP contribution is -2.47. The van der Waals surface area contributed by atoms with Crippen molar-refractivity contribution in [2.75, 3.05) is 6.61 Å². The fourth-order valence-electron chi connectivity index (χ4n) is 4.84. The molecule has 5 heteroatoms. The van der Waals surface area contributed by atoms with E-state index in [-0.39, 0.29) is 24.5 Å². The fraction of sp³-hybridized carbons (Fsp3) is 0.692. The minimum atomic E-state index is -0.810. The van der Waals surface area contributed by atoms with Gasteiger partial charge in [-0.15, -0.1) is 0 Å². The molecule has 2 aliphatic heterocycles. The molecule has 3 rings (SSSR count). The number of aliphatic hydroxyl groups excluding tert-OH is 1. The zero-order valence-corrected chi connectivity index (χ0v) is 19.1. The van der Waals surface area contributed by atoms with Gasteiger partial charge in [0.05, 0.1) is 29.9 Å². The number of imide groups is 1. The minimum absolute atomic E-state index is 0.218. The summed E-state index contributed by atoms with van der Waals surface area (Å²) in [5.41, 5.74) is 0.841. The zero-order valence-electron chi connectivity index (χ0n) is 19.1. The van der Waals surface area contributed by atoms with Crippen molar-refractivity contribution >= 4 is 11.8 Å². The van der Waals surface area contributed by atoms with Gasteiger partial charge in [-0.1, -0.05) is 96.1 Å². The Bertz CT molecular complexity index is 684. The molecule has 0 radical (unpaired) electrons. The molecule has 1 N–H and O–H groups in total. The lowest BCUT2D eigenvalue weighted by atomic mass is 10.0. The SMILES string of the molecule is CCCCCCCCCCCCCC[C@@H]1OC[C@H](N2C(=O)c3ccccc3C2=O)[C@H]1O. The number of hydrogen-bond donors (Lipinski definition) is 1. The highest BCUT2D eigenvalue weighted by molar-refractivity contribution is 6.21. The molecule has 0 unspecified atom stereocenters. The number of rotatable bonds is 14. The average molecular weight is 430 g/mol. The van der Waals surface area contributed by atoms with Crippen LogP contribution in [0.3, 0.4) is 0 Å². The summed E-state index contributed by atoms with van der Waals surface area (Å²) in [6.07, 6.45) is 15.2. The number of unbranched alkanes of at least 4 members (excludes halogenated alkanes) is 11.